The normalized spacial score (nSPS) is 21.3. The minimum absolute atomic E-state index is 0.0160. The molecule has 1 saturated heterocycles. The second-order valence-corrected chi connectivity index (χ2v) is 8.40. The topological polar surface area (TPSA) is 48.0 Å². The zero-order valence-electron chi connectivity index (χ0n) is 14.7. The molecule has 2 aliphatic heterocycles. The van der Waals surface area contributed by atoms with Crippen molar-refractivity contribution in [1.29, 1.82) is 0 Å². The van der Waals surface area contributed by atoms with Gasteiger partial charge in [-0.1, -0.05) is 49.7 Å². The molecule has 7 heteroatoms. The Labute approximate surface area is 162 Å². The molecule has 0 atom stereocenters. The van der Waals surface area contributed by atoms with E-state index < -0.39 is 0 Å². The molecule has 0 unspecified atom stereocenters. The Morgan fingerprint density at radius 2 is 2.04 bits per heavy atom. The molecule has 1 aliphatic carbocycles. The van der Waals surface area contributed by atoms with Gasteiger partial charge in [-0.2, -0.15) is 0 Å². The zero-order valence-corrected chi connectivity index (χ0v) is 16.3. The third kappa shape index (κ3) is 3.42. The quantitative estimate of drug-likeness (QED) is 0.554. The lowest BCUT2D eigenvalue weighted by Gasteiger charge is -2.17. The van der Waals surface area contributed by atoms with Gasteiger partial charge in [-0.15, -0.1) is 0 Å². The fourth-order valence-electron chi connectivity index (χ4n) is 3.67. The van der Waals surface area contributed by atoms with Crippen LogP contribution in [0, 0.1) is 5.92 Å². The van der Waals surface area contributed by atoms with Gasteiger partial charge in [0.1, 0.15) is 10.1 Å². The highest BCUT2D eigenvalue weighted by atomic mass is 32.2. The molecule has 138 valence electrons. The number of ether oxygens (including phenoxy) is 3. The maximum atomic E-state index is 12.8. The van der Waals surface area contributed by atoms with Gasteiger partial charge in [-0.05, 0) is 24.5 Å². The third-order valence-corrected chi connectivity index (χ3v) is 6.50. The largest absolute Gasteiger partial charge is 0.496 e. The van der Waals surface area contributed by atoms with Gasteiger partial charge in [-0.3, -0.25) is 9.69 Å². The number of rotatable bonds is 5. The van der Waals surface area contributed by atoms with Crippen molar-refractivity contribution in [1.82, 2.24) is 4.90 Å². The Balaban J connectivity index is 1.52. The number of thiocarbonyl (C=S) groups is 1. The highest BCUT2D eigenvalue weighted by Crippen LogP contribution is 2.41. The average Bonchev–Trinajstić information content (AvgIpc) is 3.35. The summed E-state index contributed by atoms with van der Waals surface area (Å²) in [6.45, 7) is 0.913. The summed E-state index contributed by atoms with van der Waals surface area (Å²) in [6, 6.07) is 3.63. The Bertz CT molecular complexity index is 771. The number of amides is 1. The number of carbonyl (C=O) groups is 1. The van der Waals surface area contributed by atoms with Gasteiger partial charge in [0.15, 0.2) is 11.5 Å². The molecule has 2 fully saturated rings. The molecule has 3 aliphatic rings. The van der Waals surface area contributed by atoms with E-state index in [1.807, 2.05) is 12.1 Å². The highest BCUT2D eigenvalue weighted by Gasteiger charge is 2.33. The molecular formula is C19H21NO4S2. The highest BCUT2D eigenvalue weighted by molar-refractivity contribution is 8.26. The molecular weight excluding hydrogens is 370 g/mol. The SMILES string of the molecule is COc1cc2c(cc1C=C1SC(=S)N(CCC3CCCC3)C1=O)OCO2. The van der Waals surface area contributed by atoms with Gasteiger partial charge < -0.3 is 14.2 Å². The lowest BCUT2D eigenvalue weighted by Crippen LogP contribution is -2.30. The van der Waals surface area contributed by atoms with Gasteiger partial charge in [0.25, 0.3) is 5.91 Å². The number of methoxy groups -OCH3 is 1. The van der Waals surface area contributed by atoms with Crippen molar-refractivity contribution in [3.63, 3.8) is 0 Å². The van der Waals surface area contributed by atoms with E-state index in [9.17, 15) is 4.79 Å². The predicted molar refractivity (Wildman–Crippen MR) is 106 cm³/mol. The van der Waals surface area contributed by atoms with Crippen molar-refractivity contribution in [3.8, 4) is 17.2 Å². The van der Waals surface area contributed by atoms with Crippen LogP contribution in [0.2, 0.25) is 0 Å². The van der Waals surface area contributed by atoms with Crippen molar-refractivity contribution in [2.24, 2.45) is 5.92 Å². The third-order valence-electron chi connectivity index (χ3n) is 5.12. The first kappa shape index (κ1) is 17.7. The van der Waals surface area contributed by atoms with Crippen LogP contribution in [0.1, 0.15) is 37.7 Å². The van der Waals surface area contributed by atoms with Crippen molar-refractivity contribution in [2.45, 2.75) is 32.1 Å². The number of hydrogen-bond acceptors (Lipinski definition) is 6. The van der Waals surface area contributed by atoms with Crippen LogP contribution in [0.3, 0.4) is 0 Å². The Kier molecular flexibility index (Phi) is 5.09. The first-order valence-electron chi connectivity index (χ1n) is 8.88. The fraction of sp³-hybridized carbons (Fsp3) is 0.474. The molecule has 2 heterocycles. The maximum Gasteiger partial charge on any atom is 0.266 e. The van der Waals surface area contributed by atoms with E-state index in [2.05, 4.69) is 0 Å². The van der Waals surface area contributed by atoms with Gasteiger partial charge in [0, 0.05) is 18.2 Å². The Hall–Kier alpha value is -1.73. The number of fused-ring (bicyclic) bond motifs is 1. The molecule has 0 N–H and O–H groups in total. The van der Waals surface area contributed by atoms with E-state index in [1.165, 1.54) is 37.4 Å². The molecule has 0 aromatic heterocycles. The van der Waals surface area contributed by atoms with Crippen LogP contribution in [0.15, 0.2) is 17.0 Å². The lowest BCUT2D eigenvalue weighted by molar-refractivity contribution is -0.122. The molecule has 4 rings (SSSR count). The van der Waals surface area contributed by atoms with Gasteiger partial charge in [0.05, 0.1) is 12.0 Å². The van der Waals surface area contributed by atoms with Crippen molar-refractivity contribution < 1.29 is 19.0 Å². The Morgan fingerprint density at radius 1 is 1.31 bits per heavy atom. The standard InChI is InChI=1S/C19H21NO4S2/c1-22-14-10-16-15(23-11-24-16)8-13(14)9-17-18(21)20(19(25)26-17)7-6-12-4-2-3-5-12/h8-10,12H,2-7,11H2,1H3. The van der Waals surface area contributed by atoms with Crippen LogP contribution in [0.5, 0.6) is 17.2 Å². The number of carbonyl (C=O) groups excluding carboxylic acids is 1. The number of benzene rings is 1. The molecule has 0 radical (unpaired) electrons. The van der Waals surface area contributed by atoms with Crippen LogP contribution in [-0.2, 0) is 4.79 Å². The monoisotopic (exact) mass is 391 g/mol. The molecule has 26 heavy (non-hydrogen) atoms. The fourth-order valence-corrected chi connectivity index (χ4v) is 4.97. The molecule has 5 nitrogen and oxygen atoms in total. The van der Waals surface area contributed by atoms with Crippen LogP contribution in [0.4, 0.5) is 0 Å². The number of nitrogens with zero attached hydrogens (tertiary/aromatic N) is 1. The first-order chi connectivity index (χ1) is 12.7. The van der Waals surface area contributed by atoms with E-state index in [0.717, 1.165) is 17.9 Å². The zero-order chi connectivity index (χ0) is 18.1. The number of thioether (sulfide) groups is 1. The minimum Gasteiger partial charge on any atom is -0.496 e. The van der Waals surface area contributed by atoms with Gasteiger partial charge in [0.2, 0.25) is 6.79 Å². The van der Waals surface area contributed by atoms with Crippen LogP contribution in [0.25, 0.3) is 6.08 Å². The lowest BCUT2D eigenvalue weighted by atomic mass is 10.0. The summed E-state index contributed by atoms with van der Waals surface area (Å²) >= 11 is 6.80. The van der Waals surface area contributed by atoms with E-state index in [0.29, 0.717) is 33.0 Å². The van der Waals surface area contributed by atoms with Crippen LogP contribution in [-0.4, -0.2) is 35.6 Å². The van der Waals surface area contributed by atoms with Crippen molar-refractivity contribution >= 4 is 40.3 Å². The van der Waals surface area contributed by atoms with Gasteiger partial charge >= 0.3 is 0 Å². The van der Waals surface area contributed by atoms with Crippen LogP contribution >= 0.6 is 24.0 Å². The molecule has 1 aromatic carbocycles. The second-order valence-electron chi connectivity index (χ2n) is 6.72. The summed E-state index contributed by atoms with van der Waals surface area (Å²) in [5.74, 6) is 2.68. The molecule has 0 bridgehead atoms. The van der Waals surface area contributed by atoms with Crippen molar-refractivity contribution in [3.05, 3.63) is 22.6 Å². The second kappa shape index (κ2) is 7.48. The summed E-state index contributed by atoms with van der Waals surface area (Å²) in [6.07, 6.45) is 8.04. The maximum absolute atomic E-state index is 12.8. The molecule has 1 aromatic rings. The summed E-state index contributed by atoms with van der Waals surface area (Å²) < 4.78 is 16.9. The van der Waals surface area contributed by atoms with E-state index >= 15 is 0 Å². The summed E-state index contributed by atoms with van der Waals surface area (Å²) in [5, 5.41) is 0. The minimum atomic E-state index is -0.0160. The van der Waals surface area contributed by atoms with Crippen LogP contribution < -0.4 is 14.2 Å². The smallest absolute Gasteiger partial charge is 0.266 e. The first-order valence-corrected chi connectivity index (χ1v) is 10.1. The summed E-state index contributed by atoms with van der Waals surface area (Å²) in [5.41, 5.74) is 0.785. The van der Waals surface area contributed by atoms with E-state index in [1.54, 1.807) is 18.1 Å². The summed E-state index contributed by atoms with van der Waals surface area (Å²) in [4.78, 5) is 15.2. The van der Waals surface area contributed by atoms with Gasteiger partial charge in [-0.25, -0.2) is 0 Å². The molecule has 0 spiro atoms. The average molecular weight is 392 g/mol. The number of hydrogen-bond donors (Lipinski definition) is 0. The van der Waals surface area contributed by atoms with E-state index in [4.69, 9.17) is 26.4 Å². The molecule has 1 amide bonds. The Morgan fingerprint density at radius 3 is 2.77 bits per heavy atom. The summed E-state index contributed by atoms with van der Waals surface area (Å²) in [7, 11) is 1.60. The van der Waals surface area contributed by atoms with Crippen molar-refractivity contribution in [2.75, 3.05) is 20.4 Å². The molecule has 1 saturated carbocycles. The predicted octanol–water partition coefficient (Wildman–Crippen LogP) is 4.21. The van der Waals surface area contributed by atoms with E-state index in [-0.39, 0.29) is 12.7 Å².